The van der Waals surface area contributed by atoms with Crippen molar-refractivity contribution in [2.45, 2.75) is 13.3 Å². The number of ether oxygens (including phenoxy) is 2. The maximum atomic E-state index is 5.22. The third kappa shape index (κ3) is 5.71. The molecule has 0 heterocycles. The maximum absolute atomic E-state index is 5.22. The van der Waals surface area contributed by atoms with Gasteiger partial charge in [-0.2, -0.15) is 0 Å². The summed E-state index contributed by atoms with van der Waals surface area (Å²) in [7, 11) is 3.43. The molecule has 0 fully saturated rings. The number of benzene rings is 1. The first-order chi connectivity index (χ1) is 8.26. The van der Waals surface area contributed by atoms with Crippen molar-refractivity contribution >= 4 is 0 Å². The molecule has 0 aliphatic rings. The second kappa shape index (κ2) is 8.09. The molecular weight excluding hydrogens is 214 g/mol. The second-order valence-electron chi connectivity index (χ2n) is 4.36. The van der Waals surface area contributed by atoms with Crippen molar-refractivity contribution in [2.24, 2.45) is 5.92 Å². The fraction of sp³-hybridized carbons (Fsp3) is 0.571. The summed E-state index contributed by atoms with van der Waals surface area (Å²) >= 11 is 0. The summed E-state index contributed by atoms with van der Waals surface area (Å²) in [4.78, 5) is 0. The summed E-state index contributed by atoms with van der Waals surface area (Å²) in [6, 6.07) is 8.27. The summed E-state index contributed by atoms with van der Waals surface area (Å²) < 4.78 is 10.2. The van der Waals surface area contributed by atoms with E-state index in [1.807, 2.05) is 12.1 Å². The quantitative estimate of drug-likeness (QED) is 0.702. The van der Waals surface area contributed by atoms with Gasteiger partial charge in [0.2, 0.25) is 0 Å². The molecule has 0 radical (unpaired) electrons. The average Bonchev–Trinajstić information content (AvgIpc) is 2.35. The zero-order chi connectivity index (χ0) is 12.5. The van der Waals surface area contributed by atoms with Crippen LogP contribution < -0.4 is 10.1 Å². The van der Waals surface area contributed by atoms with Gasteiger partial charge in [-0.25, -0.2) is 0 Å². The highest BCUT2D eigenvalue weighted by atomic mass is 16.5. The molecule has 0 spiro atoms. The average molecular weight is 237 g/mol. The summed E-state index contributed by atoms with van der Waals surface area (Å²) in [5, 5.41) is 3.38. The van der Waals surface area contributed by atoms with Crippen LogP contribution in [-0.2, 0) is 11.2 Å². The molecule has 0 bridgehead atoms. The highest BCUT2D eigenvalue weighted by Crippen LogP contribution is 2.15. The first-order valence-electron chi connectivity index (χ1n) is 6.09. The second-order valence-corrected chi connectivity index (χ2v) is 4.36. The van der Waals surface area contributed by atoms with E-state index in [-0.39, 0.29) is 0 Å². The molecule has 17 heavy (non-hydrogen) atoms. The van der Waals surface area contributed by atoms with Gasteiger partial charge in [0.1, 0.15) is 5.75 Å². The van der Waals surface area contributed by atoms with Crippen LogP contribution in [0.3, 0.4) is 0 Å². The molecule has 96 valence electrons. The molecule has 1 aromatic rings. The highest BCUT2D eigenvalue weighted by molar-refractivity contribution is 5.28. The summed E-state index contributed by atoms with van der Waals surface area (Å²) in [5.74, 6) is 1.54. The third-order valence-corrected chi connectivity index (χ3v) is 2.69. The van der Waals surface area contributed by atoms with Crippen LogP contribution in [0.5, 0.6) is 5.75 Å². The normalized spacial score (nSPS) is 12.4. The molecule has 0 saturated heterocycles. The monoisotopic (exact) mass is 237 g/mol. The van der Waals surface area contributed by atoms with Crippen LogP contribution in [0, 0.1) is 5.92 Å². The summed E-state index contributed by atoms with van der Waals surface area (Å²) in [6.45, 7) is 4.95. The number of methoxy groups -OCH3 is 2. The Morgan fingerprint density at radius 2 is 2.12 bits per heavy atom. The SMILES string of the molecule is COCCNCC(C)Cc1cccc(OC)c1. The van der Waals surface area contributed by atoms with E-state index in [0.29, 0.717) is 5.92 Å². The number of hydrogen-bond donors (Lipinski definition) is 1. The van der Waals surface area contributed by atoms with Crippen LogP contribution in [0.1, 0.15) is 12.5 Å². The Morgan fingerprint density at radius 1 is 1.29 bits per heavy atom. The van der Waals surface area contributed by atoms with Crippen molar-refractivity contribution in [2.75, 3.05) is 33.9 Å². The lowest BCUT2D eigenvalue weighted by Gasteiger charge is -2.13. The zero-order valence-electron chi connectivity index (χ0n) is 11.0. The van der Waals surface area contributed by atoms with Crippen molar-refractivity contribution in [3.05, 3.63) is 29.8 Å². The van der Waals surface area contributed by atoms with Crippen molar-refractivity contribution in [3.63, 3.8) is 0 Å². The van der Waals surface area contributed by atoms with Crippen LogP contribution in [0.2, 0.25) is 0 Å². The van der Waals surface area contributed by atoms with E-state index >= 15 is 0 Å². The lowest BCUT2D eigenvalue weighted by molar-refractivity contribution is 0.198. The van der Waals surface area contributed by atoms with Gasteiger partial charge in [0.15, 0.2) is 0 Å². The third-order valence-electron chi connectivity index (χ3n) is 2.69. The molecule has 1 atom stereocenters. The molecule has 0 aromatic heterocycles. The summed E-state index contributed by atoms with van der Waals surface area (Å²) in [5.41, 5.74) is 1.32. The Kier molecular flexibility index (Phi) is 6.67. The smallest absolute Gasteiger partial charge is 0.119 e. The first kappa shape index (κ1) is 14.0. The van der Waals surface area contributed by atoms with Gasteiger partial charge in [0, 0.05) is 13.7 Å². The topological polar surface area (TPSA) is 30.5 Å². The van der Waals surface area contributed by atoms with E-state index in [4.69, 9.17) is 9.47 Å². The lowest BCUT2D eigenvalue weighted by atomic mass is 10.0. The Bertz CT molecular complexity index is 315. The molecule has 3 nitrogen and oxygen atoms in total. The van der Waals surface area contributed by atoms with Crippen LogP contribution in [0.4, 0.5) is 0 Å². The molecule has 1 rings (SSSR count). The fourth-order valence-corrected chi connectivity index (χ4v) is 1.80. The Balaban J connectivity index is 2.31. The minimum Gasteiger partial charge on any atom is -0.497 e. The number of hydrogen-bond acceptors (Lipinski definition) is 3. The standard InChI is InChI=1S/C14H23NO2/c1-12(11-15-7-8-16-2)9-13-5-4-6-14(10-13)17-3/h4-6,10,12,15H,7-9,11H2,1-3H3. The molecule has 1 N–H and O–H groups in total. The predicted molar refractivity (Wildman–Crippen MR) is 70.6 cm³/mol. The van der Waals surface area contributed by atoms with E-state index in [9.17, 15) is 0 Å². The van der Waals surface area contributed by atoms with Gasteiger partial charge in [-0.15, -0.1) is 0 Å². The van der Waals surface area contributed by atoms with Gasteiger partial charge < -0.3 is 14.8 Å². The van der Waals surface area contributed by atoms with E-state index < -0.39 is 0 Å². The van der Waals surface area contributed by atoms with E-state index in [1.165, 1.54) is 5.56 Å². The molecule has 0 aliphatic heterocycles. The largest absolute Gasteiger partial charge is 0.497 e. The Morgan fingerprint density at radius 3 is 2.82 bits per heavy atom. The van der Waals surface area contributed by atoms with Crippen LogP contribution in [0.25, 0.3) is 0 Å². The Labute approximate surface area is 104 Å². The maximum Gasteiger partial charge on any atom is 0.119 e. The lowest BCUT2D eigenvalue weighted by Crippen LogP contribution is -2.25. The summed E-state index contributed by atoms with van der Waals surface area (Å²) in [6.07, 6.45) is 1.07. The molecule has 1 unspecified atom stereocenters. The van der Waals surface area contributed by atoms with Gasteiger partial charge in [0.05, 0.1) is 13.7 Å². The molecular formula is C14H23NO2. The van der Waals surface area contributed by atoms with E-state index in [2.05, 4.69) is 24.4 Å². The number of nitrogens with one attached hydrogen (secondary N) is 1. The minimum atomic E-state index is 0.610. The van der Waals surface area contributed by atoms with Crippen molar-refractivity contribution in [1.29, 1.82) is 0 Å². The van der Waals surface area contributed by atoms with Gasteiger partial charge in [-0.3, -0.25) is 0 Å². The van der Waals surface area contributed by atoms with Gasteiger partial charge in [0.25, 0.3) is 0 Å². The molecule has 0 saturated carbocycles. The molecule has 1 aromatic carbocycles. The molecule has 0 amide bonds. The van der Waals surface area contributed by atoms with Crippen LogP contribution in [0.15, 0.2) is 24.3 Å². The van der Waals surface area contributed by atoms with E-state index in [0.717, 1.165) is 31.9 Å². The minimum absolute atomic E-state index is 0.610. The fourth-order valence-electron chi connectivity index (χ4n) is 1.80. The van der Waals surface area contributed by atoms with Gasteiger partial charge >= 0.3 is 0 Å². The zero-order valence-corrected chi connectivity index (χ0v) is 11.0. The molecule has 0 aliphatic carbocycles. The number of rotatable bonds is 8. The van der Waals surface area contributed by atoms with Gasteiger partial charge in [-0.05, 0) is 36.6 Å². The van der Waals surface area contributed by atoms with Gasteiger partial charge in [-0.1, -0.05) is 19.1 Å². The predicted octanol–water partition coefficient (Wildman–Crippen LogP) is 2.11. The molecule has 3 heteroatoms. The van der Waals surface area contributed by atoms with Crippen molar-refractivity contribution in [3.8, 4) is 5.75 Å². The van der Waals surface area contributed by atoms with E-state index in [1.54, 1.807) is 14.2 Å². The Hall–Kier alpha value is -1.06. The van der Waals surface area contributed by atoms with Crippen molar-refractivity contribution in [1.82, 2.24) is 5.32 Å². The first-order valence-corrected chi connectivity index (χ1v) is 6.09. The van der Waals surface area contributed by atoms with Crippen LogP contribution in [-0.4, -0.2) is 33.9 Å². The van der Waals surface area contributed by atoms with Crippen LogP contribution >= 0.6 is 0 Å². The van der Waals surface area contributed by atoms with Crippen molar-refractivity contribution < 1.29 is 9.47 Å². The highest BCUT2D eigenvalue weighted by Gasteiger charge is 2.04.